The molecule has 0 heteroatoms. The Labute approximate surface area is 168 Å². The first-order valence-corrected chi connectivity index (χ1v) is 9.44. The molecule has 3 aromatic carbocycles. The fourth-order valence-electron chi connectivity index (χ4n) is 4.02. The maximum atomic E-state index is 4.18. The van der Waals surface area contributed by atoms with Crippen LogP contribution in [0.1, 0.15) is 22.3 Å². The number of rotatable bonds is 8. The molecule has 0 aliphatic carbocycles. The van der Waals surface area contributed by atoms with Crippen molar-refractivity contribution in [1.29, 1.82) is 0 Å². The van der Waals surface area contributed by atoms with Gasteiger partial charge in [0.1, 0.15) is 0 Å². The van der Waals surface area contributed by atoms with Gasteiger partial charge in [-0.2, -0.15) is 0 Å². The van der Waals surface area contributed by atoms with Crippen LogP contribution in [0.3, 0.4) is 0 Å². The first-order valence-electron chi connectivity index (χ1n) is 9.44. The summed E-state index contributed by atoms with van der Waals surface area (Å²) in [5.41, 5.74) is 3.45. The van der Waals surface area contributed by atoms with Crippen molar-refractivity contribution in [3.05, 3.63) is 158 Å². The van der Waals surface area contributed by atoms with Gasteiger partial charge in [-0.05, 0) is 22.3 Å². The number of hydrogen-bond donors (Lipinski definition) is 0. The minimum absolute atomic E-state index is 0.524. The predicted octanol–water partition coefficient (Wildman–Crippen LogP) is 7.00. The van der Waals surface area contributed by atoms with E-state index in [2.05, 4.69) is 74.8 Å². The Morgan fingerprint density at radius 2 is 0.714 bits per heavy atom. The van der Waals surface area contributed by atoms with E-state index >= 15 is 0 Å². The molecule has 0 saturated carbocycles. The molecule has 3 aromatic rings. The predicted molar refractivity (Wildman–Crippen MR) is 122 cm³/mol. The van der Waals surface area contributed by atoms with Crippen LogP contribution in [-0.2, 0) is 10.8 Å². The average molecular weight is 363 g/mol. The lowest BCUT2D eigenvalue weighted by Crippen LogP contribution is -2.30. The van der Waals surface area contributed by atoms with Crippen LogP contribution in [0.15, 0.2) is 136 Å². The summed E-state index contributed by atoms with van der Waals surface area (Å²) in [5.74, 6) is 0. The first kappa shape index (κ1) is 19.4. The van der Waals surface area contributed by atoms with E-state index in [4.69, 9.17) is 0 Å². The number of allylic oxidation sites excluding steroid dienone is 4. The van der Waals surface area contributed by atoms with Gasteiger partial charge in [-0.15, -0.1) is 26.3 Å². The van der Waals surface area contributed by atoms with Crippen LogP contribution in [-0.4, -0.2) is 0 Å². The normalized spacial score (nSPS) is 11.4. The van der Waals surface area contributed by atoms with E-state index in [-0.39, 0.29) is 0 Å². The Morgan fingerprint density at radius 1 is 0.429 bits per heavy atom. The highest BCUT2D eigenvalue weighted by atomic mass is 14.4. The molecule has 28 heavy (non-hydrogen) atoms. The summed E-state index contributed by atoms with van der Waals surface area (Å²) in [6.07, 6.45) is 7.87. The monoisotopic (exact) mass is 362 g/mol. The Balaban J connectivity index is 2.37. The minimum Gasteiger partial charge on any atom is -0.102 e. The zero-order chi connectivity index (χ0) is 20.0. The van der Waals surface area contributed by atoms with Gasteiger partial charge in [-0.3, -0.25) is 0 Å². The van der Waals surface area contributed by atoms with Crippen LogP contribution in [0.25, 0.3) is 0 Å². The van der Waals surface area contributed by atoms with E-state index in [9.17, 15) is 0 Å². The molecule has 0 spiro atoms. The van der Waals surface area contributed by atoms with Crippen LogP contribution in [0.4, 0.5) is 0 Å². The first-order chi connectivity index (χ1) is 13.7. The van der Waals surface area contributed by atoms with E-state index in [0.717, 1.165) is 22.3 Å². The van der Waals surface area contributed by atoms with Crippen molar-refractivity contribution in [3.8, 4) is 0 Å². The highest BCUT2D eigenvalue weighted by molar-refractivity contribution is 5.59. The third kappa shape index (κ3) is 2.97. The van der Waals surface area contributed by atoms with Crippen LogP contribution in [0.2, 0.25) is 0 Å². The summed E-state index contributed by atoms with van der Waals surface area (Å²) in [5, 5.41) is 0. The maximum Gasteiger partial charge on any atom is 0.0560 e. The largest absolute Gasteiger partial charge is 0.102 e. The highest BCUT2D eigenvalue weighted by Gasteiger charge is 2.36. The standard InChI is InChI=1S/C28H26/c1-5-27(6-2,23-17-11-9-12-18-23)25-21-15-16-22-26(25)28(7-3,8-4)24-19-13-10-14-20-24/h5-22H,1-4H2. The van der Waals surface area contributed by atoms with Crippen molar-refractivity contribution in [3.63, 3.8) is 0 Å². The van der Waals surface area contributed by atoms with E-state index in [0.29, 0.717) is 0 Å². The summed E-state index contributed by atoms with van der Waals surface area (Å²) in [6, 6.07) is 29.1. The second kappa shape index (κ2) is 8.10. The second-order valence-corrected chi connectivity index (χ2v) is 6.83. The minimum atomic E-state index is -0.524. The molecular weight excluding hydrogens is 336 g/mol. The van der Waals surface area contributed by atoms with Gasteiger partial charge < -0.3 is 0 Å². The van der Waals surface area contributed by atoms with E-state index in [1.807, 2.05) is 60.7 Å². The van der Waals surface area contributed by atoms with Crippen LogP contribution >= 0.6 is 0 Å². The lowest BCUT2D eigenvalue weighted by atomic mass is 9.65. The zero-order valence-electron chi connectivity index (χ0n) is 16.2. The Hall–Kier alpha value is -3.38. The van der Waals surface area contributed by atoms with E-state index in [1.165, 1.54) is 0 Å². The van der Waals surface area contributed by atoms with Gasteiger partial charge in [0, 0.05) is 0 Å². The summed E-state index contributed by atoms with van der Waals surface area (Å²) >= 11 is 0. The molecule has 0 amide bonds. The molecule has 0 bridgehead atoms. The van der Waals surface area contributed by atoms with Gasteiger partial charge in [0.15, 0.2) is 0 Å². The van der Waals surface area contributed by atoms with E-state index in [1.54, 1.807) is 0 Å². The van der Waals surface area contributed by atoms with Gasteiger partial charge in [-0.25, -0.2) is 0 Å². The topological polar surface area (TPSA) is 0 Å². The molecule has 0 aliphatic rings. The van der Waals surface area contributed by atoms with Crippen LogP contribution in [0.5, 0.6) is 0 Å². The molecule has 0 saturated heterocycles. The zero-order valence-corrected chi connectivity index (χ0v) is 16.2. The van der Waals surface area contributed by atoms with Gasteiger partial charge in [0.25, 0.3) is 0 Å². The second-order valence-electron chi connectivity index (χ2n) is 6.83. The van der Waals surface area contributed by atoms with Crippen molar-refractivity contribution < 1.29 is 0 Å². The smallest absolute Gasteiger partial charge is 0.0560 e. The Morgan fingerprint density at radius 3 is 1.00 bits per heavy atom. The fraction of sp³-hybridized carbons (Fsp3) is 0.0714. The van der Waals surface area contributed by atoms with Crippen molar-refractivity contribution in [2.24, 2.45) is 0 Å². The Kier molecular flexibility index (Phi) is 5.61. The summed E-state index contributed by atoms with van der Waals surface area (Å²) in [4.78, 5) is 0. The van der Waals surface area contributed by atoms with Crippen molar-refractivity contribution >= 4 is 0 Å². The third-order valence-corrected chi connectivity index (χ3v) is 5.61. The van der Waals surface area contributed by atoms with Gasteiger partial charge in [0.2, 0.25) is 0 Å². The number of hydrogen-bond acceptors (Lipinski definition) is 0. The summed E-state index contributed by atoms with van der Waals surface area (Å²) in [6.45, 7) is 16.7. The quantitative estimate of drug-likeness (QED) is 0.378. The average Bonchev–Trinajstić information content (AvgIpc) is 2.79. The van der Waals surface area contributed by atoms with Crippen molar-refractivity contribution in [2.75, 3.05) is 0 Å². The SMILES string of the molecule is C=CC(C=C)(c1ccccc1)c1ccccc1C(C=C)(C=C)c1ccccc1. The molecule has 138 valence electrons. The highest BCUT2D eigenvalue weighted by Crippen LogP contribution is 2.44. The molecule has 0 unspecified atom stereocenters. The molecule has 0 heterocycles. The summed E-state index contributed by atoms with van der Waals surface area (Å²) in [7, 11) is 0. The van der Waals surface area contributed by atoms with Crippen LogP contribution < -0.4 is 0 Å². The molecule has 0 N–H and O–H groups in total. The molecule has 0 radical (unpaired) electrons. The lowest BCUT2D eigenvalue weighted by molar-refractivity contribution is 0.743. The van der Waals surface area contributed by atoms with E-state index < -0.39 is 10.8 Å². The molecule has 0 fully saturated rings. The lowest BCUT2D eigenvalue weighted by Gasteiger charge is -2.37. The van der Waals surface area contributed by atoms with Gasteiger partial charge in [0.05, 0.1) is 10.8 Å². The van der Waals surface area contributed by atoms with Crippen molar-refractivity contribution in [1.82, 2.24) is 0 Å². The molecular formula is C28H26. The molecule has 0 nitrogen and oxygen atoms in total. The van der Waals surface area contributed by atoms with Crippen LogP contribution in [0, 0.1) is 0 Å². The fourth-order valence-corrected chi connectivity index (χ4v) is 4.02. The summed E-state index contributed by atoms with van der Waals surface area (Å²) < 4.78 is 0. The van der Waals surface area contributed by atoms with Gasteiger partial charge in [-0.1, -0.05) is 109 Å². The Bertz CT molecular complexity index is 878. The molecule has 3 rings (SSSR count). The number of benzene rings is 3. The maximum absolute atomic E-state index is 4.18. The molecule has 0 aliphatic heterocycles. The molecule has 0 aromatic heterocycles. The molecule has 0 atom stereocenters. The van der Waals surface area contributed by atoms with Gasteiger partial charge >= 0.3 is 0 Å². The third-order valence-electron chi connectivity index (χ3n) is 5.61. The van der Waals surface area contributed by atoms with Crippen molar-refractivity contribution in [2.45, 2.75) is 10.8 Å².